The van der Waals surface area contributed by atoms with Gasteiger partial charge in [-0.2, -0.15) is 4.98 Å². The highest BCUT2D eigenvalue weighted by Gasteiger charge is 2.19. The third-order valence-corrected chi connectivity index (χ3v) is 5.90. The number of methoxy groups -OCH3 is 1. The molecule has 1 N–H and O–H groups in total. The average molecular weight is 466 g/mol. The minimum Gasteiger partial charge on any atom is -0.480 e. The fraction of sp³-hybridized carbons (Fsp3) is 0.292. The Morgan fingerprint density at radius 2 is 1.91 bits per heavy atom. The SMILES string of the molecule is COc1nc(Oc2ccc(CNc3nc4ccc(CC5COC5)cc4n3C)cc2)ncc1Cl. The molecule has 33 heavy (non-hydrogen) atoms. The smallest absolute Gasteiger partial charge is 0.325 e. The van der Waals surface area contributed by atoms with Crippen molar-refractivity contribution in [2.24, 2.45) is 13.0 Å². The molecule has 0 saturated carbocycles. The van der Waals surface area contributed by atoms with Gasteiger partial charge in [-0.05, 0) is 41.8 Å². The number of rotatable bonds is 8. The lowest BCUT2D eigenvalue weighted by Crippen LogP contribution is -2.29. The van der Waals surface area contributed by atoms with E-state index < -0.39 is 0 Å². The second-order valence-corrected chi connectivity index (χ2v) is 8.44. The highest BCUT2D eigenvalue weighted by atomic mass is 35.5. The Balaban J connectivity index is 1.23. The van der Waals surface area contributed by atoms with E-state index in [0.717, 1.165) is 42.2 Å². The average Bonchev–Trinajstić information content (AvgIpc) is 3.12. The summed E-state index contributed by atoms with van der Waals surface area (Å²) < 4.78 is 18.2. The standard InChI is InChI=1S/C24H24ClN5O3/c1-30-21-10-16(9-17-13-32-14-17)5-8-20(21)28-23(30)26-11-15-3-6-18(7-4-15)33-24-27-12-19(25)22(29-24)31-2/h3-8,10,12,17H,9,11,13-14H2,1-2H3,(H,26,28). The molecule has 0 amide bonds. The number of hydrogen-bond acceptors (Lipinski definition) is 7. The number of anilines is 1. The molecule has 0 bridgehead atoms. The van der Waals surface area contributed by atoms with Gasteiger partial charge in [0, 0.05) is 19.5 Å². The zero-order valence-corrected chi connectivity index (χ0v) is 19.2. The summed E-state index contributed by atoms with van der Waals surface area (Å²) in [6, 6.07) is 14.4. The third kappa shape index (κ3) is 4.72. The molecule has 0 atom stereocenters. The fourth-order valence-electron chi connectivity index (χ4n) is 3.75. The van der Waals surface area contributed by atoms with Crippen LogP contribution in [0.4, 0.5) is 5.95 Å². The molecule has 170 valence electrons. The molecular formula is C24H24ClN5O3. The Morgan fingerprint density at radius 1 is 1.12 bits per heavy atom. The summed E-state index contributed by atoms with van der Waals surface area (Å²) in [6.07, 6.45) is 2.49. The van der Waals surface area contributed by atoms with E-state index in [0.29, 0.717) is 23.2 Å². The minimum atomic E-state index is 0.172. The van der Waals surface area contributed by atoms with Gasteiger partial charge >= 0.3 is 6.01 Å². The summed E-state index contributed by atoms with van der Waals surface area (Å²) in [5.74, 6) is 2.36. The summed E-state index contributed by atoms with van der Waals surface area (Å²) in [7, 11) is 3.53. The van der Waals surface area contributed by atoms with Gasteiger partial charge in [0.25, 0.3) is 0 Å². The number of nitrogens with one attached hydrogen (secondary N) is 1. The van der Waals surface area contributed by atoms with Crippen LogP contribution in [-0.2, 0) is 24.8 Å². The summed E-state index contributed by atoms with van der Waals surface area (Å²) in [4.78, 5) is 12.9. The van der Waals surface area contributed by atoms with Crippen LogP contribution in [0.25, 0.3) is 11.0 Å². The van der Waals surface area contributed by atoms with Crippen molar-refractivity contribution < 1.29 is 14.2 Å². The minimum absolute atomic E-state index is 0.172. The lowest BCUT2D eigenvalue weighted by Gasteiger charge is -2.25. The summed E-state index contributed by atoms with van der Waals surface area (Å²) in [6.45, 7) is 2.36. The normalized spacial score (nSPS) is 13.7. The Bertz CT molecular complexity index is 1270. The number of imidazole rings is 1. The number of hydrogen-bond donors (Lipinski definition) is 1. The van der Waals surface area contributed by atoms with Crippen molar-refractivity contribution >= 4 is 28.6 Å². The Kier molecular flexibility index (Phi) is 6.02. The van der Waals surface area contributed by atoms with Crippen molar-refractivity contribution in [2.45, 2.75) is 13.0 Å². The maximum Gasteiger partial charge on any atom is 0.325 e. The van der Waals surface area contributed by atoms with Crippen molar-refractivity contribution in [2.75, 3.05) is 25.6 Å². The van der Waals surface area contributed by atoms with Crippen molar-refractivity contribution in [1.82, 2.24) is 19.5 Å². The van der Waals surface area contributed by atoms with Gasteiger partial charge in [0.15, 0.2) is 0 Å². The molecule has 1 aliphatic rings. The fourth-order valence-corrected chi connectivity index (χ4v) is 3.91. The molecule has 8 nitrogen and oxygen atoms in total. The molecule has 9 heteroatoms. The van der Waals surface area contributed by atoms with Crippen LogP contribution >= 0.6 is 11.6 Å². The molecular weight excluding hydrogens is 442 g/mol. The van der Waals surface area contributed by atoms with E-state index in [1.165, 1.54) is 18.9 Å². The highest BCUT2D eigenvalue weighted by Crippen LogP contribution is 2.26. The lowest BCUT2D eigenvalue weighted by atomic mass is 9.98. The maximum atomic E-state index is 5.95. The van der Waals surface area contributed by atoms with Crippen molar-refractivity contribution in [3.63, 3.8) is 0 Å². The quantitative estimate of drug-likeness (QED) is 0.406. The Morgan fingerprint density at radius 3 is 2.64 bits per heavy atom. The monoisotopic (exact) mass is 465 g/mol. The molecule has 1 aliphatic heterocycles. The van der Waals surface area contributed by atoms with E-state index in [2.05, 4.69) is 38.1 Å². The van der Waals surface area contributed by atoms with Crippen LogP contribution < -0.4 is 14.8 Å². The number of aryl methyl sites for hydroxylation is 1. The van der Waals surface area contributed by atoms with Crippen molar-refractivity contribution in [1.29, 1.82) is 0 Å². The van der Waals surface area contributed by atoms with Crippen LogP contribution in [0.1, 0.15) is 11.1 Å². The van der Waals surface area contributed by atoms with Crippen LogP contribution in [0, 0.1) is 5.92 Å². The number of fused-ring (bicyclic) bond motifs is 1. The van der Waals surface area contributed by atoms with E-state index in [4.69, 9.17) is 30.8 Å². The summed E-state index contributed by atoms with van der Waals surface area (Å²) in [5, 5.41) is 3.76. The second kappa shape index (κ2) is 9.25. The first kappa shape index (κ1) is 21.5. The number of halogens is 1. The molecule has 1 saturated heterocycles. The zero-order chi connectivity index (χ0) is 22.8. The van der Waals surface area contributed by atoms with Crippen LogP contribution in [-0.4, -0.2) is 39.8 Å². The molecule has 4 aromatic rings. The molecule has 0 unspecified atom stereocenters. The van der Waals surface area contributed by atoms with Crippen LogP contribution in [0.5, 0.6) is 17.6 Å². The van der Waals surface area contributed by atoms with Gasteiger partial charge in [0.1, 0.15) is 10.8 Å². The first-order valence-corrected chi connectivity index (χ1v) is 11.1. The van der Waals surface area contributed by atoms with Gasteiger partial charge in [-0.25, -0.2) is 9.97 Å². The zero-order valence-electron chi connectivity index (χ0n) is 18.4. The van der Waals surface area contributed by atoms with Gasteiger partial charge in [-0.3, -0.25) is 0 Å². The third-order valence-electron chi connectivity index (χ3n) is 5.64. The van der Waals surface area contributed by atoms with Crippen LogP contribution in [0.2, 0.25) is 5.02 Å². The van der Waals surface area contributed by atoms with Gasteiger partial charge < -0.3 is 24.1 Å². The Hall–Kier alpha value is -3.36. The number of nitrogens with zero attached hydrogens (tertiary/aromatic N) is 4. The molecule has 2 aromatic carbocycles. The largest absolute Gasteiger partial charge is 0.480 e. The van der Waals surface area contributed by atoms with E-state index in [1.54, 1.807) is 0 Å². The number of ether oxygens (including phenoxy) is 3. The van der Waals surface area contributed by atoms with Crippen molar-refractivity contribution in [3.8, 4) is 17.6 Å². The van der Waals surface area contributed by atoms with Crippen molar-refractivity contribution in [3.05, 3.63) is 64.8 Å². The van der Waals surface area contributed by atoms with E-state index in [-0.39, 0.29) is 11.9 Å². The molecule has 0 radical (unpaired) electrons. The summed E-state index contributed by atoms with van der Waals surface area (Å²) >= 11 is 5.95. The molecule has 2 aromatic heterocycles. The van der Waals surface area contributed by atoms with Gasteiger partial charge in [-0.1, -0.05) is 29.8 Å². The van der Waals surface area contributed by atoms with Crippen LogP contribution in [0.15, 0.2) is 48.7 Å². The molecule has 3 heterocycles. The van der Waals surface area contributed by atoms with Gasteiger partial charge in [-0.15, -0.1) is 0 Å². The second-order valence-electron chi connectivity index (χ2n) is 8.03. The van der Waals surface area contributed by atoms with Crippen LogP contribution in [0.3, 0.4) is 0 Å². The van der Waals surface area contributed by atoms with Gasteiger partial charge in [0.05, 0.1) is 37.6 Å². The lowest BCUT2D eigenvalue weighted by molar-refractivity contribution is -0.0312. The first-order valence-electron chi connectivity index (χ1n) is 10.7. The number of benzene rings is 2. The van der Waals surface area contributed by atoms with Gasteiger partial charge in [0.2, 0.25) is 11.8 Å². The van der Waals surface area contributed by atoms with E-state index in [9.17, 15) is 0 Å². The molecule has 1 fully saturated rings. The maximum absolute atomic E-state index is 5.95. The number of aromatic nitrogens is 4. The predicted molar refractivity (Wildman–Crippen MR) is 126 cm³/mol. The molecule has 0 aliphatic carbocycles. The van der Waals surface area contributed by atoms with E-state index >= 15 is 0 Å². The topological polar surface area (TPSA) is 83.3 Å². The predicted octanol–water partition coefficient (Wildman–Crippen LogP) is 4.62. The molecule has 0 spiro atoms. The highest BCUT2D eigenvalue weighted by molar-refractivity contribution is 6.31. The first-order chi connectivity index (χ1) is 16.1. The Labute approximate surface area is 196 Å². The summed E-state index contributed by atoms with van der Waals surface area (Å²) in [5.41, 5.74) is 4.52. The molecule has 5 rings (SSSR count). The van der Waals surface area contributed by atoms with E-state index in [1.807, 2.05) is 31.3 Å².